The third kappa shape index (κ3) is 5.10. The Bertz CT molecular complexity index is 905. The minimum absolute atomic E-state index is 0.180. The summed E-state index contributed by atoms with van der Waals surface area (Å²) >= 11 is 2.90. The molecular weight excluding hydrogens is 402 g/mol. The average Bonchev–Trinajstić information content (AvgIpc) is 3.07. The summed E-state index contributed by atoms with van der Waals surface area (Å²) in [5.41, 5.74) is 1.42. The molecule has 0 radical (unpaired) electrons. The van der Waals surface area contributed by atoms with Crippen LogP contribution in [-0.4, -0.2) is 42.0 Å². The van der Waals surface area contributed by atoms with E-state index in [9.17, 15) is 13.2 Å². The van der Waals surface area contributed by atoms with Crippen molar-refractivity contribution in [3.63, 3.8) is 0 Å². The summed E-state index contributed by atoms with van der Waals surface area (Å²) in [4.78, 5) is 17.0. The minimum atomic E-state index is -3.52. The molecule has 1 atom stereocenters. The van der Waals surface area contributed by atoms with Crippen molar-refractivity contribution in [2.75, 3.05) is 18.4 Å². The second kappa shape index (κ2) is 8.72. The highest BCUT2D eigenvalue weighted by Crippen LogP contribution is 2.28. The number of carbonyl (C=O) groups excluding carboxylic acids is 1. The summed E-state index contributed by atoms with van der Waals surface area (Å²) in [6, 6.07) is 6.48. The second-order valence-electron chi connectivity index (χ2n) is 6.50. The van der Waals surface area contributed by atoms with Gasteiger partial charge in [-0.25, -0.2) is 13.4 Å². The number of aryl methyl sites for hydroxylation is 1. The zero-order chi connectivity index (χ0) is 19.4. The van der Waals surface area contributed by atoms with Crippen LogP contribution in [0, 0.1) is 6.92 Å². The Morgan fingerprint density at radius 2 is 2.04 bits per heavy atom. The smallest absolute Gasteiger partial charge is 0.243 e. The molecule has 1 fully saturated rings. The van der Waals surface area contributed by atoms with E-state index in [1.165, 1.54) is 33.5 Å². The molecule has 27 heavy (non-hydrogen) atoms. The second-order valence-corrected chi connectivity index (χ2v) is 10.9. The summed E-state index contributed by atoms with van der Waals surface area (Å²) in [5.74, 6) is -0.180. The van der Waals surface area contributed by atoms with E-state index in [4.69, 9.17) is 0 Å². The maximum atomic E-state index is 12.8. The Labute approximate surface area is 168 Å². The van der Waals surface area contributed by atoms with E-state index in [-0.39, 0.29) is 16.1 Å². The summed E-state index contributed by atoms with van der Waals surface area (Å²) in [7, 11) is -3.52. The summed E-state index contributed by atoms with van der Waals surface area (Å²) in [5, 5.41) is 4.43. The summed E-state index contributed by atoms with van der Waals surface area (Å²) < 4.78 is 28.0. The first-order valence-electron chi connectivity index (χ1n) is 8.86. The van der Waals surface area contributed by atoms with Gasteiger partial charge in [0.2, 0.25) is 15.9 Å². The number of anilines is 1. The number of hydrogen-bond donors (Lipinski definition) is 1. The average molecular weight is 426 g/mol. The van der Waals surface area contributed by atoms with E-state index in [1.54, 1.807) is 18.2 Å². The number of piperidine rings is 1. The van der Waals surface area contributed by atoms with Crippen LogP contribution in [0.25, 0.3) is 0 Å². The number of aromatic nitrogens is 1. The molecule has 6 nitrogen and oxygen atoms in total. The quantitative estimate of drug-likeness (QED) is 0.713. The summed E-state index contributed by atoms with van der Waals surface area (Å²) in [6.45, 7) is 4.84. The van der Waals surface area contributed by atoms with Gasteiger partial charge in [-0.15, -0.1) is 11.3 Å². The zero-order valence-corrected chi connectivity index (χ0v) is 17.8. The van der Waals surface area contributed by atoms with Crippen LogP contribution < -0.4 is 5.32 Å². The molecule has 1 aliphatic heterocycles. The fraction of sp³-hybridized carbons (Fsp3) is 0.444. The topological polar surface area (TPSA) is 79.4 Å². The van der Waals surface area contributed by atoms with Crippen LogP contribution in [0.5, 0.6) is 0 Å². The van der Waals surface area contributed by atoms with Crippen LogP contribution in [0.1, 0.15) is 31.9 Å². The van der Waals surface area contributed by atoms with E-state index in [0.29, 0.717) is 18.8 Å². The van der Waals surface area contributed by atoms with Crippen molar-refractivity contribution in [2.45, 2.75) is 47.6 Å². The lowest BCUT2D eigenvalue weighted by molar-refractivity contribution is -0.115. The van der Waals surface area contributed by atoms with Crippen molar-refractivity contribution in [3.8, 4) is 0 Å². The first kappa shape index (κ1) is 20.3. The number of benzene rings is 1. The summed E-state index contributed by atoms with van der Waals surface area (Å²) in [6.07, 6.45) is 2.84. The number of thioether (sulfide) groups is 1. The molecule has 1 saturated heterocycles. The molecule has 1 aromatic carbocycles. The van der Waals surface area contributed by atoms with Gasteiger partial charge >= 0.3 is 0 Å². The maximum absolute atomic E-state index is 12.8. The lowest BCUT2D eigenvalue weighted by Gasteiger charge is -2.26. The van der Waals surface area contributed by atoms with Gasteiger partial charge in [-0.2, -0.15) is 4.31 Å². The molecule has 0 aliphatic carbocycles. The Balaban J connectivity index is 1.68. The predicted molar refractivity (Wildman–Crippen MR) is 110 cm³/mol. The fourth-order valence-corrected chi connectivity index (χ4v) is 6.37. The molecule has 1 aromatic heterocycles. The highest BCUT2D eigenvalue weighted by Gasteiger charge is 2.26. The van der Waals surface area contributed by atoms with Crippen molar-refractivity contribution in [3.05, 3.63) is 35.3 Å². The molecule has 0 saturated carbocycles. The highest BCUT2D eigenvalue weighted by molar-refractivity contribution is 8.02. The van der Waals surface area contributed by atoms with E-state index in [2.05, 4.69) is 10.3 Å². The van der Waals surface area contributed by atoms with Crippen molar-refractivity contribution < 1.29 is 13.2 Å². The van der Waals surface area contributed by atoms with Gasteiger partial charge in [-0.1, -0.05) is 24.2 Å². The van der Waals surface area contributed by atoms with Gasteiger partial charge in [0.1, 0.15) is 0 Å². The molecule has 9 heteroatoms. The number of sulfonamides is 1. The third-order valence-corrected chi connectivity index (χ3v) is 8.38. The number of rotatable bonds is 6. The first-order chi connectivity index (χ1) is 12.9. The fourth-order valence-electron chi connectivity index (χ4n) is 2.82. The number of amides is 1. The number of thiazole rings is 1. The van der Waals surface area contributed by atoms with Gasteiger partial charge in [-0.05, 0) is 44.9 Å². The van der Waals surface area contributed by atoms with Gasteiger partial charge in [0.05, 0.1) is 10.1 Å². The maximum Gasteiger partial charge on any atom is 0.243 e. The van der Waals surface area contributed by atoms with Crippen molar-refractivity contribution in [1.82, 2.24) is 9.29 Å². The predicted octanol–water partition coefficient (Wildman–Crippen LogP) is 3.75. The van der Waals surface area contributed by atoms with E-state index in [1.807, 2.05) is 19.2 Å². The number of nitrogens with zero attached hydrogens (tertiary/aromatic N) is 2. The largest absolute Gasteiger partial charge is 0.325 e. The highest BCUT2D eigenvalue weighted by atomic mass is 32.2. The first-order valence-corrected chi connectivity index (χ1v) is 12.1. The molecule has 2 heterocycles. The van der Waals surface area contributed by atoms with Crippen LogP contribution in [0.2, 0.25) is 0 Å². The molecule has 1 aliphatic rings. The van der Waals surface area contributed by atoms with Crippen LogP contribution in [0.3, 0.4) is 0 Å². The lowest BCUT2D eigenvalue weighted by atomic mass is 10.2. The number of nitrogens with one attached hydrogen (secondary N) is 1. The zero-order valence-electron chi connectivity index (χ0n) is 15.3. The third-order valence-electron chi connectivity index (χ3n) is 4.30. The molecule has 0 spiro atoms. The molecule has 146 valence electrons. The van der Waals surface area contributed by atoms with Gasteiger partial charge < -0.3 is 5.32 Å². The van der Waals surface area contributed by atoms with Gasteiger partial charge in [-0.3, -0.25) is 4.79 Å². The SMILES string of the molecule is Cc1csc(S[C@@H](C)C(=O)Nc2cccc(S(=O)(=O)N3CCCCC3)c2)n1. The molecule has 0 bridgehead atoms. The molecule has 2 aromatic rings. The minimum Gasteiger partial charge on any atom is -0.325 e. The van der Waals surface area contributed by atoms with Gasteiger partial charge in [0.15, 0.2) is 4.34 Å². The number of hydrogen-bond acceptors (Lipinski definition) is 6. The van der Waals surface area contributed by atoms with E-state index < -0.39 is 10.0 Å². The van der Waals surface area contributed by atoms with E-state index >= 15 is 0 Å². The molecule has 1 amide bonds. The van der Waals surface area contributed by atoms with Crippen LogP contribution >= 0.6 is 23.1 Å². The van der Waals surface area contributed by atoms with Crippen LogP contribution in [-0.2, 0) is 14.8 Å². The standard InChI is InChI=1S/C18H23N3O3S3/c1-13-12-25-18(19-13)26-14(2)17(22)20-15-7-6-8-16(11-15)27(23,24)21-9-4-3-5-10-21/h6-8,11-12,14H,3-5,9-10H2,1-2H3,(H,20,22)/t14-/m0/s1. The lowest BCUT2D eigenvalue weighted by Crippen LogP contribution is -2.35. The van der Waals surface area contributed by atoms with Crippen LogP contribution in [0.15, 0.2) is 38.9 Å². The Kier molecular flexibility index (Phi) is 6.56. The molecular formula is C18H23N3O3S3. The number of carbonyl (C=O) groups is 1. The Morgan fingerprint density at radius 1 is 1.30 bits per heavy atom. The van der Waals surface area contributed by atoms with Crippen molar-refractivity contribution >= 4 is 44.7 Å². The van der Waals surface area contributed by atoms with Gasteiger partial charge in [0.25, 0.3) is 0 Å². The molecule has 0 unspecified atom stereocenters. The van der Waals surface area contributed by atoms with Crippen molar-refractivity contribution in [2.24, 2.45) is 0 Å². The molecule has 3 rings (SSSR count). The van der Waals surface area contributed by atoms with E-state index in [0.717, 1.165) is 29.3 Å². The normalized spacial score (nSPS) is 16.8. The molecule has 1 N–H and O–H groups in total. The Hall–Kier alpha value is -1.42. The van der Waals surface area contributed by atoms with Gasteiger partial charge in [0, 0.05) is 29.9 Å². The van der Waals surface area contributed by atoms with Crippen LogP contribution in [0.4, 0.5) is 5.69 Å². The Morgan fingerprint density at radius 3 is 2.70 bits per heavy atom. The monoisotopic (exact) mass is 425 g/mol. The van der Waals surface area contributed by atoms with Crippen molar-refractivity contribution in [1.29, 1.82) is 0 Å².